The lowest BCUT2D eigenvalue weighted by atomic mass is 9.90. The number of aliphatic imine (C=N–C) groups is 1. The van der Waals surface area contributed by atoms with Crippen LogP contribution in [0.2, 0.25) is 0 Å². The molecule has 7 nitrogen and oxygen atoms in total. The number of rotatable bonds is 9. The minimum Gasteiger partial charge on any atom is -0.356 e. The molecular weight excluding hydrogens is 517 g/mol. The van der Waals surface area contributed by atoms with E-state index >= 15 is 0 Å². The predicted octanol–water partition coefficient (Wildman–Crippen LogP) is 2.85. The smallest absolute Gasteiger partial charge is 0.244 e. The number of guanidine groups is 1. The number of carbonyl (C=O) groups is 2. The molecule has 2 amide bonds. The van der Waals surface area contributed by atoms with Crippen molar-refractivity contribution in [1.82, 2.24) is 20.0 Å². The Balaban J connectivity index is 0.00000512. The molecule has 1 aromatic carbocycles. The van der Waals surface area contributed by atoms with Crippen molar-refractivity contribution in [2.24, 2.45) is 10.9 Å². The lowest BCUT2D eigenvalue weighted by Crippen LogP contribution is -2.46. The maximum absolute atomic E-state index is 12.7. The third kappa shape index (κ3) is 8.96. The van der Waals surface area contributed by atoms with Gasteiger partial charge in [-0.15, -0.1) is 24.0 Å². The van der Waals surface area contributed by atoms with Gasteiger partial charge in [-0.25, -0.2) is 4.99 Å². The van der Waals surface area contributed by atoms with Crippen LogP contribution in [0.3, 0.4) is 0 Å². The first kappa shape index (κ1) is 28.2. The molecule has 1 aromatic rings. The highest BCUT2D eigenvalue weighted by Crippen LogP contribution is 2.21. The molecule has 1 aliphatic rings. The van der Waals surface area contributed by atoms with Crippen LogP contribution in [-0.4, -0.2) is 85.3 Å². The molecule has 1 fully saturated rings. The Bertz CT molecular complexity index is 716. The fraction of sp³-hybridized carbons (Fsp3) is 0.625. The number of piperidine rings is 1. The van der Waals surface area contributed by atoms with E-state index in [-0.39, 0.29) is 48.9 Å². The molecule has 1 saturated heterocycles. The summed E-state index contributed by atoms with van der Waals surface area (Å²) >= 11 is 0. The number of benzene rings is 1. The third-order valence-corrected chi connectivity index (χ3v) is 5.88. The van der Waals surface area contributed by atoms with Crippen LogP contribution in [-0.2, 0) is 16.0 Å². The van der Waals surface area contributed by atoms with Crippen LogP contribution >= 0.6 is 24.0 Å². The molecule has 32 heavy (non-hydrogen) atoms. The average Bonchev–Trinajstić information content (AvgIpc) is 2.78. The minimum absolute atomic E-state index is 0. The Hall–Kier alpha value is -1.84. The standard InChI is InChI=1S/C24H39N5O2.HI/c1-5-25-24(27(4)19-23(31)28(6-2)7-3)26-18-22(30)29-15-13-21(14-16-29)17-20-11-9-8-10-12-20;/h8-12,21H,5-7,13-19H2,1-4H3,(H,25,26);1H. The number of nitrogens with zero attached hydrogens (tertiary/aromatic N) is 4. The molecule has 0 atom stereocenters. The van der Waals surface area contributed by atoms with Crippen LogP contribution < -0.4 is 5.32 Å². The van der Waals surface area contributed by atoms with Crippen molar-refractivity contribution in [3.8, 4) is 0 Å². The number of amides is 2. The van der Waals surface area contributed by atoms with E-state index in [9.17, 15) is 9.59 Å². The van der Waals surface area contributed by atoms with Gasteiger partial charge < -0.3 is 20.0 Å². The Kier molecular flexibility index (Phi) is 13.3. The Labute approximate surface area is 210 Å². The van der Waals surface area contributed by atoms with Crippen molar-refractivity contribution in [1.29, 1.82) is 0 Å². The number of hydrogen-bond acceptors (Lipinski definition) is 3. The molecule has 2 rings (SSSR count). The van der Waals surface area contributed by atoms with Gasteiger partial charge in [0.2, 0.25) is 11.8 Å². The largest absolute Gasteiger partial charge is 0.356 e. The summed E-state index contributed by atoms with van der Waals surface area (Å²) in [4.78, 5) is 35.1. The van der Waals surface area contributed by atoms with E-state index < -0.39 is 0 Å². The van der Waals surface area contributed by atoms with Crippen molar-refractivity contribution in [3.63, 3.8) is 0 Å². The maximum Gasteiger partial charge on any atom is 0.244 e. The third-order valence-electron chi connectivity index (χ3n) is 5.88. The first-order chi connectivity index (χ1) is 15.0. The molecule has 0 spiro atoms. The van der Waals surface area contributed by atoms with Gasteiger partial charge in [0.25, 0.3) is 0 Å². The van der Waals surface area contributed by atoms with Gasteiger partial charge in [-0.2, -0.15) is 0 Å². The highest BCUT2D eigenvalue weighted by Gasteiger charge is 2.23. The first-order valence-corrected chi connectivity index (χ1v) is 11.6. The second-order valence-electron chi connectivity index (χ2n) is 8.11. The van der Waals surface area contributed by atoms with Gasteiger partial charge in [0.1, 0.15) is 6.54 Å². The lowest BCUT2D eigenvalue weighted by Gasteiger charge is -2.32. The van der Waals surface area contributed by atoms with Crippen LogP contribution in [0.25, 0.3) is 0 Å². The van der Waals surface area contributed by atoms with Gasteiger partial charge in [-0.1, -0.05) is 30.3 Å². The maximum atomic E-state index is 12.7. The fourth-order valence-electron chi connectivity index (χ4n) is 4.00. The molecule has 0 unspecified atom stereocenters. The van der Waals surface area contributed by atoms with E-state index in [2.05, 4.69) is 34.6 Å². The molecule has 0 saturated carbocycles. The molecule has 0 radical (unpaired) electrons. The number of hydrogen-bond donors (Lipinski definition) is 1. The first-order valence-electron chi connectivity index (χ1n) is 11.6. The second kappa shape index (κ2) is 15.1. The van der Waals surface area contributed by atoms with Gasteiger partial charge in [0.05, 0.1) is 6.54 Å². The van der Waals surface area contributed by atoms with E-state index in [1.54, 1.807) is 9.80 Å². The Morgan fingerprint density at radius 1 is 1.09 bits per heavy atom. The summed E-state index contributed by atoms with van der Waals surface area (Å²) in [5.74, 6) is 1.33. The summed E-state index contributed by atoms with van der Waals surface area (Å²) in [7, 11) is 1.84. The van der Waals surface area contributed by atoms with E-state index in [0.29, 0.717) is 31.5 Å². The van der Waals surface area contributed by atoms with E-state index in [1.807, 2.05) is 38.8 Å². The van der Waals surface area contributed by atoms with E-state index in [4.69, 9.17) is 0 Å². The van der Waals surface area contributed by atoms with Crippen LogP contribution in [0.5, 0.6) is 0 Å². The molecule has 8 heteroatoms. The van der Waals surface area contributed by atoms with Crippen molar-refractivity contribution in [2.75, 3.05) is 52.9 Å². The van der Waals surface area contributed by atoms with E-state index in [0.717, 1.165) is 32.4 Å². The zero-order chi connectivity index (χ0) is 22.6. The highest BCUT2D eigenvalue weighted by molar-refractivity contribution is 14.0. The van der Waals surface area contributed by atoms with Crippen LogP contribution in [0.15, 0.2) is 35.3 Å². The van der Waals surface area contributed by atoms with E-state index in [1.165, 1.54) is 5.56 Å². The molecule has 1 heterocycles. The van der Waals surface area contributed by atoms with Gasteiger partial charge in [0, 0.05) is 39.8 Å². The lowest BCUT2D eigenvalue weighted by molar-refractivity contribution is -0.131. The molecule has 0 aliphatic carbocycles. The summed E-state index contributed by atoms with van der Waals surface area (Å²) < 4.78 is 0. The monoisotopic (exact) mass is 557 g/mol. The normalized spacial score (nSPS) is 14.5. The van der Waals surface area contributed by atoms with Gasteiger partial charge >= 0.3 is 0 Å². The van der Waals surface area contributed by atoms with Crippen LogP contribution in [0.4, 0.5) is 0 Å². The number of nitrogens with one attached hydrogen (secondary N) is 1. The number of carbonyl (C=O) groups excluding carboxylic acids is 2. The Morgan fingerprint density at radius 2 is 1.72 bits per heavy atom. The average molecular weight is 558 g/mol. The summed E-state index contributed by atoms with van der Waals surface area (Å²) in [5, 5.41) is 3.19. The second-order valence-corrected chi connectivity index (χ2v) is 8.11. The van der Waals surface area contributed by atoms with Gasteiger partial charge in [0.15, 0.2) is 5.96 Å². The zero-order valence-corrected chi connectivity index (χ0v) is 22.4. The quantitative estimate of drug-likeness (QED) is 0.288. The highest BCUT2D eigenvalue weighted by atomic mass is 127. The molecule has 1 N–H and O–H groups in total. The van der Waals surface area contributed by atoms with Gasteiger partial charge in [-0.05, 0) is 51.5 Å². The van der Waals surface area contributed by atoms with Gasteiger partial charge in [-0.3, -0.25) is 9.59 Å². The minimum atomic E-state index is 0. The number of halogens is 1. The molecule has 0 bridgehead atoms. The summed E-state index contributed by atoms with van der Waals surface area (Å²) in [5.41, 5.74) is 1.37. The van der Waals surface area contributed by atoms with Crippen molar-refractivity contribution < 1.29 is 9.59 Å². The molecule has 180 valence electrons. The van der Waals surface area contributed by atoms with Crippen molar-refractivity contribution in [2.45, 2.75) is 40.0 Å². The van der Waals surface area contributed by atoms with Crippen LogP contribution in [0.1, 0.15) is 39.2 Å². The fourth-order valence-corrected chi connectivity index (χ4v) is 4.00. The molecular formula is C24H40IN5O2. The summed E-state index contributed by atoms with van der Waals surface area (Å²) in [6, 6.07) is 10.6. The Morgan fingerprint density at radius 3 is 2.28 bits per heavy atom. The van der Waals surface area contributed by atoms with Crippen molar-refractivity contribution >= 4 is 41.8 Å². The summed E-state index contributed by atoms with van der Waals surface area (Å²) in [6.45, 7) is 9.92. The number of likely N-dealkylation sites (N-methyl/N-ethyl adjacent to an activating group) is 2. The molecule has 1 aliphatic heterocycles. The summed E-state index contributed by atoms with van der Waals surface area (Å²) in [6.07, 6.45) is 3.14. The SMILES string of the molecule is CCNC(=NCC(=O)N1CCC(Cc2ccccc2)CC1)N(C)CC(=O)N(CC)CC.I. The van der Waals surface area contributed by atoms with Crippen molar-refractivity contribution in [3.05, 3.63) is 35.9 Å². The number of likely N-dealkylation sites (tertiary alicyclic amines) is 1. The zero-order valence-electron chi connectivity index (χ0n) is 20.0. The molecule has 0 aromatic heterocycles. The predicted molar refractivity (Wildman–Crippen MR) is 141 cm³/mol. The van der Waals surface area contributed by atoms with Crippen LogP contribution in [0, 0.1) is 5.92 Å². The topological polar surface area (TPSA) is 68.2 Å².